The molecule has 1 aromatic rings. The molecule has 1 aromatic carbocycles. The van der Waals surface area contributed by atoms with Gasteiger partial charge in [-0.15, -0.1) is 0 Å². The van der Waals surface area contributed by atoms with Gasteiger partial charge in [-0.25, -0.2) is 0 Å². The van der Waals surface area contributed by atoms with Crippen molar-refractivity contribution in [3.63, 3.8) is 0 Å². The number of nitrogen functional groups attached to an aromatic ring is 1. The number of aliphatic hydroxyl groups is 1. The Hall–Kier alpha value is -1.81. The summed E-state index contributed by atoms with van der Waals surface area (Å²) in [5, 5.41) is 9.78. The van der Waals surface area contributed by atoms with Crippen molar-refractivity contribution in [2.24, 2.45) is 5.92 Å². The summed E-state index contributed by atoms with van der Waals surface area (Å²) in [7, 11) is 0. The lowest BCUT2D eigenvalue weighted by Crippen LogP contribution is -2.45. The highest BCUT2D eigenvalue weighted by atomic mass is 16.3. The number of likely N-dealkylation sites (tertiary alicyclic amines) is 1. The number of hydrogen-bond donors (Lipinski definition) is 2. The fourth-order valence-corrected chi connectivity index (χ4v) is 2.18. The SMILES string of the molecule is CC1CCN(C(=O)/C=C/c2cccc(N)c2)CC1O. The second-order valence-electron chi connectivity index (χ2n) is 5.12. The average molecular weight is 260 g/mol. The number of nitrogens with zero attached hydrogens (tertiary/aromatic N) is 1. The number of carbonyl (C=O) groups excluding carboxylic acids is 1. The number of rotatable bonds is 2. The van der Waals surface area contributed by atoms with Crippen molar-refractivity contribution in [3.8, 4) is 0 Å². The van der Waals surface area contributed by atoms with Crippen molar-refractivity contribution in [3.05, 3.63) is 35.9 Å². The van der Waals surface area contributed by atoms with E-state index in [-0.39, 0.29) is 11.8 Å². The van der Waals surface area contributed by atoms with Crippen LogP contribution in [-0.2, 0) is 4.79 Å². The number of anilines is 1. The van der Waals surface area contributed by atoms with Gasteiger partial charge in [-0.3, -0.25) is 4.79 Å². The topological polar surface area (TPSA) is 66.6 Å². The van der Waals surface area contributed by atoms with Crippen LogP contribution in [0.4, 0.5) is 5.69 Å². The van der Waals surface area contributed by atoms with Gasteiger partial charge in [-0.2, -0.15) is 0 Å². The zero-order valence-corrected chi connectivity index (χ0v) is 11.1. The predicted octanol–water partition coefficient (Wildman–Crippen LogP) is 1.51. The largest absolute Gasteiger partial charge is 0.399 e. The second-order valence-corrected chi connectivity index (χ2v) is 5.12. The maximum Gasteiger partial charge on any atom is 0.246 e. The van der Waals surface area contributed by atoms with Gasteiger partial charge in [0.25, 0.3) is 0 Å². The molecular weight excluding hydrogens is 240 g/mol. The molecule has 0 saturated carbocycles. The maximum atomic E-state index is 12.0. The Morgan fingerprint density at radius 2 is 2.32 bits per heavy atom. The lowest BCUT2D eigenvalue weighted by molar-refractivity contribution is -0.130. The molecule has 4 heteroatoms. The summed E-state index contributed by atoms with van der Waals surface area (Å²) in [5.74, 6) is 0.204. The van der Waals surface area contributed by atoms with Crippen LogP contribution in [0, 0.1) is 5.92 Å². The third kappa shape index (κ3) is 3.58. The number of piperidine rings is 1. The summed E-state index contributed by atoms with van der Waals surface area (Å²) in [6.45, 7) is 3.13. The number of amides is 1. The van der Waals surface area contributed by atoms with Gasteiger partial charge < -0.3 is 15.7 Å². The van der Waals surface area contributed by atoms with Crippen molar-refractivity contribution in [2.75, 3.05) is 18.8 Å². The highest BCUT2D eigenvalue weighted by Gasteiger charge is 2.25. The van der Waals surface area contributed by atoms with E-state index in [9.17, 15) is 9.90 Å². The first kappa shape index (κ1) is 13.6. The minimum Gasteiger partial charge on any atom is -0.399 e. The first-order valence-corrected chi connectivity index (χ1v) is 6.57. The van der Waals surface area contributed by atoms with Gasteiger partial charge in [-0.05, 0) is 36.1 Å². The van der Waals surface area contributed by atoms with Gasteiger partial charge in [0.15, 0.2) is 0 Å². The van der Waals surface area contributed by atoms with Crippen LogP contribution in [0.5, 0.6) is 0 Å². The van der Waals surface area contributed by atoms with Crippen LogP contribution in [0.2, 0.25) is 0 Å². The third-order valence-electron chi connectivity index (χ3n) is 3.56. The number of β-amino-alcohol motifs (C(OH)–C–C–N with tert-alkyl or cyclic N) is 1. The molecule has 1 amide bonds. The van der Waals surface area contributed by atoms with E-state index >= 15 is 0 Å². The van der Waals surface area contributed by atoms with Gasteiger partial charge in [0.2, 0.25) is 5.91 Å². The highest BCUT2D eigenvalue weighted by molar-refractivity contribution is 5.92. The molecule has 19 heavy (non-hydrogen) atoms. The summed E-state index contributed by atoms with van der Waals surface area (Å²) in [5.41, 5.74) is 7.26. The molecule has 0 bridgehead atoms. The molecule has 3 N–H and O–H groups in total. The monoisotopic (exact) mass is 260 g/mol. The molecule has 1 saturated heterocycles. The molecule has 102 valence electrons. The zero-order valence-electron chi connectivity index (χ0n) is 11.1. The van der Waals surface area contributed by atoms with Crippen molar-refractivity contribution in [1.29, 1.82) is 0 Å². The highest BCUT2D eigenvalue weighted by Crippen LogP contribution is 2.17. The minimum absolute atomic E-state index is 0.0617. The zero-order chi connectivity index (χ0) is 13.8. The average Bonchev–Trinajstić information content (AvgIpc) is 2.39. The molecule has 1 fully saturated rings. The molecule has 2 atom stereocenters. The quantitative estimate of drug-likeness (QED) is 0.625. The Labute approximate surface area is 113 Å². The molecule has 1 aliphatic heterocycles. The summed E-state index contributed by atoms with van der Waals surface area (Å²) < 4.78 is 0. The number of nitrogens with two attached hydrogens (primary N) is 1. The van der Waals surface area contributed by atoms with Crippen LogP contribution in [-0.4, -0.2) is 35.1 Å². The normalized spacial score (nSPS) is 23.8. The molecule has 2 unspecified atom stereocenters. The summed E-state index contributed by atoms with van der Waals surface area (Å²) in [6.07, 6.45) is 3.72. The first-order valence-electron chi connectivity index (χ1n) is 6.57. The van der Waals surface area contributed by atoms with Gasteiger partial charge in [-0.1, -0.05) is 19.1 Å². The predicted molar refractivity (Wildman–Crippen MR) is 76.3 cm³/mol. The van der Waals surface area contributed by atoms with E-state index in [1.165, 1.54) is 6.08 Å². The first-order chi connectivity index (χ1) is 9.06. The number of hydrogen-bond acceptors (Lipinski definition) is 3. The Kier molecular flexibility index (Phi) is 4.22. The summed E-state index contributed by atoms with van der Waals surface area (Å²) in [4.78, 5) is 13.7. The van der Waals surface area contributed by atoms with Crippen LogP contribution in [0.15, 0.2) is 30.3 Å². The van der Waals surface area contributed by atoms with Crippen molar-refractivity contribution < 1.29 is 9.90 Å². The number of benzene rings is 1. The van der Waals surface area contributed by atoms with Crippen molar-refractivity contribution in [1.82, 2.24) is 4.90 Å². The van der Waals surface area contributed by atoms with E-state index in [1.54, 1.807) is 11.0 Å². The molecule has 0 spiro atoms. The minimum atomic E-state index is -0.418. The van der Waals surface area contributed by atoms with Crippen LogP contribution in [0.1, 0.15) is 18.9 Å². The van der Waals surface area contributed by atoms with Crippen LogP contribution < -0.4 is 5.73 Å². The van der Waals surface area contributed by atoms with E-state index < -0.39 is 6.10 Å². The molecular formula is C15H20N2O2. The second kappa shape index (κ2) is 5.89. The van der Waals surface area contributed by atoms with E-state index in [4.69, 9.17) is 5.73 Å². The Morgan fingerprint density at radius 1 is 1.53 bits per heavy atom. The molecule has 0 aliphatic carbocycles. The lowest BCUT2D eigenvalue weighted by Gasteiger charge is -2.33. The summed E-state index contributed by atoms with van der Waals surface area (Å²) in [6, 6.07) is 7.37. The third-order valence-corrected chi connectivity index (χ3v) is 3.56. The number of aliphatic hydroxyl groups excluding tert-OH is 1. The lowest BCUT2D eigenvalue weighted by atomic mass is 9.96. The van der Waals surface area contributed by atoms with Gasteiger partial charge in [0, 0.05) is 24.9 Å². The Bertz CT molecular complexity index is 485. The number of carbonyl (C=O) groups is 1. The van der Waals surface area contributed by atoms with Gasteiger partial charge >= 0.3 is 0 Å². The molecule has 0 aromatic heterocycles. The smallest absolute Gasteiger partial charge is 0.246 e. The fraction of sp³-hybridized carbons (Fsp3) is 0.400. The molecule has 0 radical (unpaired) electrons. The van der Waals surface area contributed by atoms with Crippen molar-refractivity contribution >= 4 is 17.7 Å². The molecule has 4 nitrogen and oxygen atoms in total. The molecule has 1 aliphatic rings. The van der Waals surface area contributed by atoms with Crippen LogP contribution in [0.25, 0.3) is 6.08 Å². The molecule has 2 rings (SSSR count). The van der Waals surface area contributed by atoms with E-state index in [0.29, 0.717) is 18.8 Å². The van der Waals surface area contributed by atoms with Gasteiger partial charge in [0.05, 0.1) is 6.10 Å². The van der Waals surface area contributed by atoms with Crippen molar-refractivity contribution in [2.45, 2.75) is 19.4 Å². The Morgan fingerprint density at radius 3 is 3.00 bits per heavy atom. The van der Waals surface area contributed by atoms with E-state index in [0.717, 1.165) is 12.0 Å². The van der Waals surface area contributed by atoms with Crippen LogP contribution in [0.3, 0.4) is 0 Å². The maximum absolute atomic E-state index is 12.0. The van der Waals surface area contributed by atoms with E-state index in [2.05, 4.69) is 0 Å². The van der Waals surface area contributed by atoms with Gasteiger partial charge in [0.1, 0.15) is 0 Å². The Balaban J connectivity index is 1.97. The van der Waals surface area contributed by atoms with Crippen LogP contribution >= 0.6 is 0 Å². The van der Waals surface area contributed by atoms with E-state index in [1.807, 2.05) is 31.2 Å². The fourth-order valence-electron chi connectivity index (χ4n) is 2.18. The molecule has 1 heterocycles. The standard InChI is InChI=1S/C15H20N2O2/c1-11-7-8-17(10-14(11)18)15(19)6-5-12-3-2-4-13(16)9-12/h2-6,9,11,14,18H,7-8,10,16H2,1H3/b6-5+. The summed E-state index contributed by atoms with van der Waals surface area (Å²) >= 11 is 0.